The third kappa shape index (κ3) is 2.21. The number of nitrogens with one attached hydrogen (secondary N) is 1. The second-order valence-corrected chi connectivity index (χ2v) is 4.75. The smallest absolute Gasteiger partial charge is 0.297 e. The fourth-order valence-corrected chi connectivity index (χ4v) is 2.51. The number of rotatable bonds is 3. The zero-order valence-corrected chi connectivity index (χ0v) is 10.8. The molecule has 0 aromatic carbocycles. The van der Waals surface area contributed by atoms with Crippen LogP contribution in [0.5, 0.6) is 0 Å². The Morgan fingerprint density at radius 3 is 2.82 bits per heavy atom. The van der Waals surface area contributed by atoms with Crippen molar-refractivity contribution in [2.75, 3.05) is 0 Å². The monoisotopic (exact) mass is 270 g/mol. The van der Waals surface area contributed by atoms with Crippen LogP contribution in [0.1, 0.15) is 18.9 Å². The minimum Gasteiger partial charge on any atom is -0.297 e. The molecule has 2 aromatic heterocycles. The van der Waals surface area contributed by atoms with Gasteiger partial charge in [-0.15, -0.1) is 0 Å². The summed E-state index contributed by atoms with van der Waals surface area (Å²) >= 11 is 7.31. The molecule has 0 saturated carbocycles. The van der Waals surface area contributed by atoms with E-state index >= 15 is 0 Å². The molecule has 2 rings (SSSR count). The minimum absolute atomic E-state index is 0.147. The Morgan fingerprint density at radius 1 is 1.47 bits per heavy atom. The van der Waals surface area contributed by atoms with Gasteiger partial charge in [0.05, 0.1) is 11.3 Å². The topological polar surface area (TPSA) is 54.9 Å². The Hall–Kier alpha value is -1.33. The summed E-state index contributed by atoms with van der Waals surface area (Å²) in [7, 11) is 0. The summed E-state index contributed by atoms with van der Waals surface area (Å²) in [6.07, 6.45) is 1.35. The van der Waals surface area contributed by atoms with Crippen LogP contribution >= 0.6 is 22.9 Å². The number of nitrogens with zero attached hydrogens (tertiary/aromatic N) is 1. The van der Waals surface area contributed by atoms with Gasteiger partial charge in [-0.2, -0.15) is 11.3 Å². The van der Waals surface area contributed by atoms with Crippen molar-refractivity contribution in [3.8, 4) is 5.69 Å². The van der Waals surface area contributed by atoms with E-state index in [-0.39, 0.29) is 10.7 Å². The number of hydrogen-bond acceptors (Lipinski definition) is 3. The first-order valence-electron chi connectivity index (χ1n) is 5.21. The first-order valence-corrected chi connectivity index (χ1v) is 6.53. The molecule has 0 atom stereocenters. The summed E-state index contributed by atoms with van der Waals surface area (Å²) in [5, 5.41) is 3.71. The lowest BCUT2D eigenvalue weighted by atomic mass is 10.2. The summed E-state index contributed by atoms with van der Waals surface area (Å²) in [6, 6.07) is 1.73. The van der Waals surface area contributed by atoms with Crippen LogP contribution in [0.4, 0.5) is 0 Å². The highest BCUT2D eigenvalue weighted by atomic mass is 35.5. The molecule has 0 aliphatic rings. The maximum absolute atomic E-state index is 12.2. The van der Waals surface area contributed by atoms with Gasteiger partial charge in [0, 0.05) is 5.38 Å². The third-order valence-corrected chi connectivity index (χ3v) is 3.40. The predicted molar refractivity (Wildman–Crippen MR) is 69.5 cm³/mol. The van der Waals surface area contributed by atoms with Gasteiger partial charge in [-0.3, -0.25) is 9.78 Å². The molecule has 2 aromatic rings. The normalized spacial score (nSPS) is 10.7. The first kappa shape index (κ1) is 12.1. The van der Waals surface area contributed by atoms with E-state index in [9.17, 15) is 9.59 Å². The van der Waals surface area contributed by atoms with Gasteiger partial charge in [-0.25, -0.2) is 9.36 Å². The van der Waals surface area contributed by atoms with Crippen molar-refractivity contribution in [2.24, 2.45) is 0 Å². The number of halogens is 1. The van der Waals surface area contributed by atoms with E-state index in [4.69, 9.17) is 11.6 Å². The standard InChI is InChI=1S/C11H11ClN2O2S/c1-2-3-8-9(12)13-11(16)14(10(8)15)7-4-5-17-6-7/h4-6H,2-3H2,1H3,(H,13,16). The van der Waals surface area contributed by atoms with Crippen LogP contribution in [0.15, 0.2) is 26.4 Å². The highest BCUT2D eigenvalue weighted by Gasteiger charge is 2.13. The third-order valence-electron chi connectivity index (χ3n) is 2.41. The lowest BCUT2D eigenvalue weighted by molar-refractivity contribution is 0.813. The fraction of sp³-hybridized carbons (Fsp3) is 0.273. The molecule has 0 saturated heterocycles. The van der Waals surface area contributed by atoms with Gasteiger partial charge in [0.1, 0.15) is 5.15 Å². The molecule has 0 unspecified atom stereocenters. The Morgan fingerprint density at radius 2 is 2.24 bits per heavy atom. The van der Waals surface area contributed by atoms with E-state index in [0.717, 1.165) is 11.0 Å². The van der Waals surface area contributed by atoms with E-state index in [2.05, 4.69) is 4.98 Å². The van der Waals surface area contributed by atoms with Gasteiger partial charge in [0.15, 0.2) is 0 Å². The summed E-state index contributed by atoms with van der Waals surface area (Å²) in [5.41, 5.74) is 0.201. The molecule has 2 heterocycles. The van der Waals surface area contributed by atoms with Crippen molar-refractivity contribution in [3.05, 3.63) is 48.4 Å². The van der Waals surface area contributed by atoms with Gasteiger partial charge in [-0.05, 0) is 17.9 Å². The highest BCUT2D eigenvalue weighted by molar-refractivity contribution is 7.08. The van der Waals surface area contributed by atoms with Gasteiger partial charge in [0.25, 0.3) is 5.56 Å². The van der Waals surface area contributed by atoms with Crippen molar-refractivity contribution in [3.63, 3.8) is 0 Å². The van der Waals surface area contributed by atoms with E-state index in [1.54, 1.807) is 11.4 Å². The Kier molecular flexibility index (Phi) is 3.49. The maximum Gasteiger partial charge on any atom is 0.334 e. The molecule has 0 aliphatic carbocycles. The zero-order chi connectivity index (χ0) is 12.4. The fourth-order valence-electron chi connectivity index (χ4n) is 1.63. The second-order valence-electron chi connectivity index (χ2n) is 3.59. The average Bonchev–Trinajstić information content (AvgIpc) is 2.77. The zero-order valence-electron chi connectivity index (χ0n) is 9.20. The van der Waals surface area contributed by atoms with Crippen LogP contribution in [0, 0.1) is 0 Å². The van der Waals surface area contributed by atoms with Crippen LogP contribution in [0.25, 0.3) is 5.69 Å². The molecule has 17 heavy (non-hydrogen) atoms. The van der Waals surface area contributed by atoms with Gasteiger partial charge >= 0.3 is 5.69 Å². The van der Waals surface area contributed by atoms with Crippen LogP contribution in [0.3, 0.4) is 0 Å². The van der Waals surface area contributed by atoms with Gasteiger partial charge in [-0.1, -0.05) is 24.9 Å². The van der Waals surface area contributed by atoms with Crippen LogP contribution in [0.2, 0.25) is 5.15 Å². The summed E-state index contributed by atoms with van der Waals surface area (Å²) < 4.78 is 1.12. The van der Waals surface area contributed by atoms with Crippen LogP contribution in [-0.4, -0.2) is 9.55 Å². The van der Waals surface area contributed by atoms with Gasteiger partial charge in [0.2, 0.25) is 0 Å². The molecule has 0 spiro atoms. The molecule has 0 bridgehead atoms. The highest BCUT2D eigenvalue weighted by Crippen LogP contribution is 2.12. The molecule has 1 N–H and O–H groups in total. The number of aromatic amines is 1. The molecule has 0 radical (unpaired) electrons. The van der Waals surface area contributed by atoms with Crippen LogP contribution < -0.4 is 11.2 Å². The number of thiophene rings is 1. The predicted octanol–water partition coefficient (Wildman–Crippen LogP) is 2.19. The molecule has 0 amide bonds. The minimum atomic E-state index is -0.502. The number of H-pyrrole nitrogens is 1. The van der Waals surface area contributed by atoms with E-state index in [1.165, 1.54) is 11.3 Å². The van der Waals surface area contributed by atoms with E-state index in [0.29, 0.717) is 17.7 Å². The lowest BCUT2D eigenvalue weighted by Gasteiger charge is -2.06. The largest absolute Gasteiger partial charge is 0.334 e. The number of aromatic nitrogens is 2. The Balaban J connectivity index is 2.73. The summed E-state index contributed by atoms with van der Waals surface area (Å²) in [4.78, 5) is 26.4. The molecule has 4 nitrogen and oxygen atoms in total. The SMILES string of the molecule is CCCc1c(Cl)[nH]c(=O)n(-c2ccsc2)c1=O. The quantitative estimate of drug-likeness (QED) is 0.870. The van der Waals surface area contributed by atoms with Crippen molar-refractivity contribution < 1.29 is 0 Å². The average molecular weight is 271 g/mol. The number of hydrogen-bond donors (Lipinski definition) is 1. The molecule has 6 heteroatoms. The van der Waals surface area contributed by atoms with Crippen molar-refractivity contribution >= 4 is 22.9 Å². The Labute approximate surface area is 106 Å². The molecule has 90 valence electrons. The molecule has 0 aliphatic heterocycles. The Bertz CT molecular complexity index is 628. The second kappa shape index (κ2) is 4.89. The van der Waals surface area contributed by atoms with E-state index < -0.39 is 5.69 Å². The van der Waals surface area contributed by atoms with Crippen molar-refractivity contribution in [2.45, 2.75) is 19.8 Å². The van der Waals surface area contributed by atoms with Crippen molar-refractivity contribution in [1.29, 1.82) is 0 Å². The summed E-state index contributed by atoms with van der Waals surface area (Å²) in [6.45, 7) is 1.95. The molecular formula is C11H11ClN2O2S. The first-order chi connectivity index (χ1) is 8.15. The molecule has 0 fully saturated rings. The van der Waals surface area contributed by atoms with Crippen molar-refractivity contribution in [1.82, 2.24) is 9.55 Å². The van der Waals surface area contributed by atoms with Crippen LogP contribution in [-0.2, 0) is 6.42 Å². The van der Waals surface area contributed by atoms with E-state index in [1.807, 2.05) is 12.3 Å². The maximum atomic E-state index is 12.2. The summed E-state index contributed by atoms with van der Waals surface area (Å²) in [5.74, 6) is 0. The lowest BCUT2D eigenvalue weighted by Crippen LogP contribution is -2.35. The van der Waals surface area contributed by atoms with Gasteiger partial charge < -0.3 is 0 Å². The molecular weight excluding hydrogens is 260 g/mol.